The van der Waals surface area contributed by atoms with Crippen LogP contribution < -0.4 is 4.90 Å². The van der Waals surface area contributed by atoms with Gasteiger partial charge in [-0.15, -0.1) is 0 Å². The van der Waals surface area contributed by atoms with Crippen molar-refractivity contribution in [2.75, 3.05) is 11.5 Å². The van der Waals surface area contributed by atoms with Gasteiger partial charge in [0.25, 0.3) is 0 Å². The lowest BCUT2D eigenvalue weighted by Gasteiger charge is -2.28. The fraction of sp³-hybridized carbons (Fsp3) is 0.353. The highest BCUT2D eigenvalue weighted by Gasteiger charge is 2.68. The molecule has 2 fully saturated rings. The summed E-state index contributed by atoms with van der Waals surface area (Å²) in [7, 11) is 0. The zero-order chi connectivity index (χ0) is 17.9. The van der Waals surface area contributed by atoms with E-state index in [-0.39, 0.29) is 23.2 Å². The van der Waals surface area contributed by atoms with Crippen molar-refractivity contribution in [1.29, 1.82) is 0 Å². The van der Waals surface area contributed by atoms with Gasteiger partial charge in [0.05, 0.1) is 28.6 Å². The first-order chi connectivity index (χ1) is 11.8. The molecule has 0 spiro atoms. The Hall–Kier alpha value is -1.89. The summed E-state index contributed by atoms with van der Waals surface area (Å²) in [6, 6.07) is 4.58. The summed E-state index contributed by atoms with van der Waals surface area (Å²) in [4.78, 5) is 38.2. The number of esters is 1. The molecule has 2 saturated heterocycles. The molecule has 3 heterocycles. The average Bonchev–Trinajstić information content (AvgIpc) is 3.18. The molecule has 0 unspecified atom stereocenters. The second kappa shape index (κ2) is 5.56. The van der Waals surface area contributed by atoms with Gasteiger partial charge in [0.1, 0.15) is 12.2 Å². The summed E-state index contributed by atoms with van der Waals surface area (Å²) in [6.45, 7) is 1.17. The Balaban J connectivity index is 1.72. The molecule has 4 atom stereocenters. The molecule has 0 aliphatic carbocycles. The number of ether oxygens (including phenoxy) is 2. The van der Waals surface area contributed by atoms with Gasteiger partial charge in [-0.2, -0.15) is 0 Å². The Kier molecular flexibility index (Phi) is 3.68. The van der Waals surface area contributed by atoms with Crippen LogP contribution in [-0.2, 0) is 23.9 Å². The number of carbonyl (C=O) groups excluding carboxylic acids is 3. The summed E-state index contributed by atoms with van der Waals surface area (Å²) in [6.07, 6.45) is 2.93. The van der Waals surface area contributed by atoms with Gasteiger partial charge < -0.3 is 9.47 Å². The lowest BCUT2D eigenvalue weighted by molar-refractivity contribution is -0.150. The standard InChI is InChI=1S/C17H13Cl2NO5/c1-8(21)24-7-17-5-4-12(25-17)13-14(17)16(23)20(15(13)22)11-3-2-9(18)6-10(11)19/h2-6,12-14H,7H2,1H3/t12-,13-,14+,17-/m1/s1. The van der Waals surface area contributed by atoms with Crippen LogP contribution in [0.2, 0.25) is 10.0 Å². The lowest BCUT2D eigenvalue weighted by atomic mass is 9.77. The molecular formula is C17H13Cl2NO5. The largest absolute Gasteiger partial charge is 0.462 e. The molecule has 6 nitrogen and oxygen atoms in total. The van der Waals surface area contributed by atoms with Crippen molar-refractivity contribution in [2.24, 2.45) is 11.8 Å². The zero-order valence-corrected chi connectivity index (χ0v) is 14.6. The molecule has 2 amide bonds. The number of rotatable bonds is 3. The van der Waals surface area contributed by atoms with E-state index in [9.17, 15) is 14.4 Å². The van der Waals surface area contributed by atoms with Crippen LogP contribution in [0, 0.1) is 11.8 Å². The van der Waals surface area contributed by atoms with Crippen LogP contribution >= 0.6 is 23.2 Å². The third-order valence-corrected chi connectivity index (χ3v) is 5.34. The van der Waals surface area contributed by atoms with Crippen LogP contribution in [0.5, 0.6) is 0 Å². The normalized spacial score (nSPS) is 32.4. The van der Waals surface area contributed by atoms with Crippen molar-refractivity contribution >= 4 is 46.7 Å². The molecular weight excluding hydrogens is 369 g/mol. The minimum atomic E-state index is -1.11. The van der Waals surface area contributed by atoms with Gasteiger partial charge in [0, 0.05) is 11.9 Å². The number of hydrogen-bond donors (Lipinski definition) is 0. The number of amides is 2. The second-order valence-electron chi connectivity index (χ2n) is 6.29. The van der Waals surface area contributed by atoms with Crippen LogP contribution in [-0.4, -0.2) is 36.1 Å². The van der Waals surface area contributed by atoms with E-state index in [1.165, 1.54) is 19.1 Å². The molecule has 0 N–H and O–H groups in total. The lowest BCUT2D eigenvalue weighted by Crippen LogP contribution is -2.44. The van der Waals surface area contributed by atoms with Crippen LogP contribution in [0.4, 0.5) is 5.69 Å². The number of hydrogen-bond acceptors (Lipinski definition) is 5. The minimum absolute atomic E-state index is 0.113. The highest BCUT2D eigenvalue weighted by atomic mass is 35.5. The number of carbonyl (C=O) groups is 3. The fourth-order valence-corrected chi connectivity index (χ4v) is 4.28. The van der Waals surface area contributed by atoms with Crippen molar-refractivity contribution in [1.82, 2.24) is 0 Å². The summed E-state index contributed by atoms with van der Waals surface area (Å²) in [5.74, 6) is -2.68. The molecule has 8 heteroatoms. The van der Waals surface area contributed by atoms with Crippen molar-refractivity contribution in [3.63, 3.8) is 0 Å². The third-order valence-electron chi connectivity index (χ3n) is 4.81. The zero-order valence-electron chi connectivity index (χ0n) is 13.1. The maximum atomic E-state index is 13.0. The number of anilines is 1. The molecule has 3 aliphatic heterocycles. The van der Waals surface area contributed by atoms with Crippen LogP contribution in [0.15, 0.2) is 30.4 Å². The van der Waals surface area contributed by atoms with Crippen LogP contribution in [0.3, 0.4) is 0 Å². The van der Waals surface area contributed by atoms with E-state index >= 15 is 0 Å². The molecule has 1 aromatic rings. The van der Waals surface area contributed by atoms with Gasteiger partial charge in [-0.3, -0.25) is 14.4 Å². The molecule has 25 heavy (non-hydrogen) atoms. The summed E-state index contributed by atoms with van der Waals surface area (Å²) in [5.41, 5.74) is -0.820. The predicted octanol–water partition coefficient (Wildman–Crippen LogP) is 2.37. The predicted molar refractivity (Wildman–Crippen MR) is 89.3 cm³/mol. The number of fused-ring (bicyclic) bond motifs is 5. The van der Waals surface area contributed by atoms with E-state index in [4.69, 9.17) is 32.7 Å². The molecule has 3 aliphatic rings. The number of benzene rings is 1. The first-order valence-electron chi connectivity index (χ1n) is 7.67. The van der Waals surface area contributed by atoms with Gasteiger partial charge in [0.2, 0.25) is 11.8 Å². The van der Waals surface area contributed by atoms with Gasteiger partial charge in [-0.1, -0.05) is 29.3 Å². The van der Waals surface area contributed by atoms with Crippen molar-refractivity contribution < 1.29 is 23.9 Å². The minimum Gasteiger partial charge on any atom is -0.462 e. The van der Waals surface area contributed by atoms with Crippen LogP contribution in [0.25, 0.3) is 0 Å². The van der Waals surface area contributed by atoms with Crippen molar-refractivity contribution in [3.05, 3.63) is 40.4 Å². The number of imide groups is 1. The maximum absolute atomic E-state index is 13.0. The Bertz CT molecular complexity index is 838. The van der Waals surface area contributed by atoms with Crippen molar-refractivity contribution in [2.45, 2.75) is 18.6 Å². The average molecular weight is 382 g/mol. The highest BCUT2D eigenvalue weighted by molar-refractivity contribution is 6.38. The van der Waals surface area contributed by atoms with E-state index in [1.807, 2.05) is 0 Å². The van der Waals surface area contributed by atoms with Gasteiger partial charge in [-0.05, 0) is 24.3 Å². The Labute approximate surface area is 153 Å². The Morgan fingerprint density at radius 3 is 2.76 bits per heavy atom. The van der Waals surface area contributed by atoms with E-state index < -0.39 is 35.4 Å². The number of nitrogens with zero attached hydrogens (tertiary/aromatic N) is 1. The van der Waals surface area contributed by atoms with E-state index in [0.29, 0.717) is 5.02 Å². The quantitative estimate of drug-likeness (QED) is 0.456. The fourth-order valence-electron chi connectivity index (χ4n) is 3.78. The Morgan fingerprint density at radius 1 is 1.32 bits per heavy atom. The van der Waals surface area contributed by atoms with Gasteiger partial charge in [-0.25, -0.2) is 4.90 Å². The first-order valence-corrected chi connectivity index (χ1v) is 8.43. The molecule has 0 aromatic heterocycles. The van der Waals surface area contributed by atoms with Crippen LogP contribution in [0.1, 0.15) is 6.92 Å². The highest BCUT2D eigenvalue weighted by Crippen LogP contribution is 2.53. The summed E-state index contributed by atoms with van der Waals surface area (Å²) >= 11 is 12.1. The first kappa shape index (κ1) is 16.6. The van der Waals surface area contributed by atoms with E-state index in [2.05, 4.69) is 0 Å². The van der Waals surface area contributed by atoms with Gasteiger partial charge in [0.15, 0.2) is 0 Å². The molecule has 0 radical (unpaired) electrons. The Morgan fingerprint density at radius 2 is 2.08 bits per heavy atom. The number of halogens is 2. The molecule has 2 bridgehead atoms. The molecule has 130 valence electrons. The third kappa shape index (κ3) is 2.32. The van der Waals surface area contributed by atoms with E-state index in [0.717, 1.165) is 4.90 Å². The van der Waals surface area contributed by atoms with E-state index in [1.54, 1.807) is 18.2 Å². The monoisotopic (exact) mass is 381 g/mol. The van der Waals surface area contributed by atoms with Crippen molar-refractivity contribution in [3.8, 4) is 0 Å². The summed E-state index contributed by atoms with van der Waals surface area (Å²) in [5, 5.41) is 0.619. The second-order valence-corrected chi connectivity index (χ2v) is 7.13. The molecule has 0 saturated carbocycles. The SMILES string of the molecule is CC(=O)OC[C@@]12C=C[C@@H](O1)[C@H]1C(=O)N(c3ccc(Cl)cc3Cl)C(=O)[C@H]12. The molecule has 4 rings (SSSR count). The van der Waals surface area contributed by atoms with Gasteiger partial charge >= 0.3 is 5.97 Å². The molecule has 1 aromatic carbocycles. The maximum Gasteiger partial charge on any atom is 0.302 e. The summed E-state index contributed by atoms with van der Waals surface area (Å²) < 4.78 is 10.9. The smallest absolute Gasteiger partial charge is 0.302 e. The topological polar surface area (TPSA) is 72.9 Å².